The molecule has 4 amide bonds. The molecule has 3 rings (SSSR count). The summed E-state index contributed by atoms with van der Waals surface area (Å²) in [6.07, 6.45) is 1.49. The second-order valence-corrected chi connectivity index (χ2v) is 13.8. The van der Waals surface area contributed by atoms with Gasteiger partial charge in [0.05, 0.1) is 16.3 Å². The molecule has 2 aromatic carbocycles. The van der Waals surface area contributed by atoms with Gasteiger partial charge in [0.2, 0.25) is 11.8 Å². The van der Waals surface area contributed by atoms with Crippen LogP contribution in [0, 0.1) is 0 Å². The highest BCUT2D eigenvalue weighted by molar-refractivity contribution is 7.57. The number of aromatic nitrogens is 1. The standard InChI is InChI=1S/C11H22N3O6P.C10H12O.C9H9N3OS/c1-6(9(15)14-7(2)11(17)18)13-10(16)8(12)4-5-21(3,19)20;1-2-6-10(11)9-7-4-3-5-8-9;1-10-8(13)12-9-11-6-4-2-3-5-7(6)14-9/h6-8H,4-5,12H2,1-3H3,(H,13,16)(H,14,15)(H,17,18)(H,19,20);3-5,7-8H,2,6H2,1H3;2-5H,1H3,(H2,10,11,12,13)/t6-,7-,8-;;/m0../s1. The number of nitrogens with two attached hydrogens (primary N) is 1. The van der Waals surface area contributed by atoms with Crippen LogP contribution in [0.15, 0.2) is 54.6 Å². The molecular formula is C30H43N6O8PS. The van der Waals surface area contributed by atoms with Gasteiger partial charge in [-0.15, -0.1) is 0 Å². The van der Waals surface area contributed by atoms with Gasteiger partial charge in [-0.05, 0) is 38.8 Å². The molecule has 0 aliphatic rings. The Balaban J connectivity index is 0.000000364. The van der Waals surface area contributed by atoms with Gasteiger partial charge in [0.25, 0.3) is 0 Å². The van der Waals surface area contributed by atoms with Crippen LogP contribution in [0.5, 0.6) is 0 Å². The number of thiazole rings is 1. The van der Waals surface area contributed by atoms with Gasteiger partial charge in [0.1, 0.15) is 12.1 Å². The average Bonchev–Trinajstić information content (AvgIpc) is 3.42. The average molecular weight is 679 g/mol. The maximum atomic E-state index is 11.7. The van der Waals surface area contributed by atoms with Crippen LogP contribution in [-0.4, -0.2) is 82.6 Å². The number of hydrogen-bond donors (Lipinski definition) is 7. The number of urea groups is 1. The molecular weight excluding hydrogens is 635 g/mol. The Morgan fingerprint density at radius 2 is 1.54 bits per heavy atom. The zero-order chi connectivity index (χ0) is 34.9. The molecule has 1 aromatic heterocycles. The van der Waals surface area contributed by atoms with Crippen molar-refractivity contribution in [2.75, 3.05) is 25.2 Å². The third-order valence-corrected chi connectivity index (χ3v) is 8.03. The lowest BCUT2D eigenvalue weighted by Gasteiger charge is -2.19. The fourth-order valence-electron chi connectivity index (χ4n) is 3.38. The fraction of sp³-hybridized carbons (Fsp3) is 0.400. The maximum absolute atomic E-state index is 11.7. The van der Waals surface area contributed by atoms with E-state index >= 15 is 0 Å². The van der Waals surface area contributed by atoms with Crippen molar-refractivity contribution in [3.8, 4) is 0 Å². The lowest BCUT2D eigenvalue weighted by Crippen LogP contribution is -2.52. The van der Waals surface area contributed by atoms with Crippen molar-refractivity contribution in [2.24, 2.45) is 5.73 Å². The minimum absolute atomic E-state index is 0.00990. The van der Waals surface area contributed by atoms with E-state index in [9.17, 15) is 28.5 Å². The largest absolute Gasteiger partial charge is 0.480 e. The summed E-state index contributed by atoms with van der Waals surface area (Å²) in [5.41, 5.74) is 7.29. The Morgan fingerprint density at radius 3 is 2.09 bits per heavy atom. The summed E-state index contributed by atoms with van der Waals surface area (Å²) < 4.78 is 12.2. The monoisotopic (exact) mass is 678 g/mol. The Morgan fingerprint density at radius 1 is 0.957 bits per heavy atom. The van der Waals surface area contributed by atoms with E-state index in [0.29, 0.717) is 11.6 Å². The van der Waals surface area contributed by atoms with Crippen LogP contribution in [0.2, 0.25) is 0 Å². The Labute approximate surface area is 272 Å². The van der Waals surface area contributed by atoms with Crippen LogP contribution in [-0.2, 0) is 18.9 Å². The number of nitrogens with one attached hydrogen (secondary N) is 4. The van der Waals surface area contributed by atoms with E-state index in [-0.39, 0.29) is 24.4 Å². The number of fused-ring (bicyclic) bond motifs is 1. The van der Waals surface area contributed by atoms with Gasteiger partial charge in [-0.25, -0.2) is 9.78 Å². The van der Waals surface area contributed by atoms with Crippen LogP contribution in [0.3, 0.4) is 0 Å². The van der Waals surface area contributed by atoms with Crippen LogP contribution in [0.1, 0.15) is 50.4 Å². The highest BCUT2D eigenvalue weighted by Crippen LogP contribution is 2.35. The lowest BCUT2D eigenvalue weighted by molar-refractivity contribution is -0.141. The molecule has 0 fully saturated rings. The van der Waals surface area contributed by atoms with E-state index in [1.54, 1.807) is 7.05 Å². The van der Waals surface area contributed by atoms with Gasteiger partial charge < -0.3 is 31.7 Å². The number of anilines is 1. The summed E-state index contributed by atoms with van der Waals surface area (Å²) in [6, 6.07) is 13.9. The quantitative estimate of drug-likeness (QED) is 0.109. The molecule has 0 spiro atoms. The highest BCUT2D eigenvalue weighted by Gasteiger charge is 2.24. The topological polar surface area (TPSA) is 230 Å². The summed E-state index contributed by atoms with van der Waals surface area (Å²) >= 11 is 1.46. The van der Waals surface area contributed by atoms with E-state index in [1.165, 1.54) is 31.8 Å². The summed E-state index contributed by atoms with van der Waals surface area (Å²) in [7, 11) is -1.67. The second-order valence-electron chi connectivity index (χ2n) is 10.2. The molecule has 0 aliphatic heterocycles. The zero-order valence-corrected chi connectivity index (χ0v) is 28.2. The normalized spacial score (nSPS) is 13.5. The first-order chi connectivity index (χ1) is 21.6. The minimum Gasteiger partial charge on any atom is -0.480 e. The smallest absolute Gasteiger partial charge is 0.325 e. The molecule has 0 aliphatic carbocycles. The molecule has 4 atom stereocenters. The van der Waals surface area contributed by atoms with Crippen LogP contribution >= 0.6 is 18.7 Å². The third kappa shape index (κ3) is 15.7. The third-order valence-electron chi connectivity index (χ3n) is 5.99. The molecule has 252 valence electrons. The van der Waals surface area contributed by atoms with Gasteiger partial charge in [-0.3, -0.25) is 29.1 Å². The first-order valence-electron chi connectivity index (χ1n) is 14.4. The molecule has 8 N–H and O–H groups in total. The molecule has 46 heavy (non-hydrogen) atoms. The van der Waals surface area contributed by atoms with E-state index in [2.05, 4.69) is 26.3 Å². The number of Topliss-reactive ketones (excluding diaryl/α,β-unsaturated/α-hetero) is 1. The molecule has 14 nitrogen and oxygen atoms in total. The van der Waals surface area contributed by atoms with Crippen molar-refractivity contribution < 1.29 is 38.5 Å². The number of hydrogen-bond acceptors (Lipinski definition) is 9. The van der Waals surface area contributed by atoms with E-state index in [4.69, 9.17) is 15.7 Å². The van der Waals surface area contributed by atoms with Gasteiger partial charge in [0, 0.05) is 31.9 Å². The van der Waals surface area contributed by atoms with Gasteiger partial charge in [-0.2, -0.15) is 0 Å². The van der Waals surface area contributed by atoms with Crippen molar-refractivity contribution in [3.63, 3.8) is 0 Å². The van der Waals surface area contributed by atoms with Crippen molar-refractivity contribution in [2.45, 2.75) is 58.2 Å². The molecule has 16 heteroatoms. The number of carbonyl (C=O) groups excluding carboxylic acids is 4. The van der Waals surface area contributed by atoms with Gasteiger partial charge >= 0.3 is 12.0 Å². The summed E-state index contributed by atoms with van der Waals surface area (Å²) in [6.45, 7) is 5.85. The number of nitrogens with zero attached hydrogens (tertiary/aromatic N) is 1. The summed E-state index contributed by atoms with van der Waals surface area (Å²) in [5, 5.41) is 18.9. The zero-order valence-electron chi connectivity index (χ0n) is 26.5. The molecule has 0 saturated heterocycles. The van der Waals surface area contributed by atoms with Crippen molar-refractivity contribution >= 4 is 63.7 Å². The number of para-hydroxylation sites is 1. The van der Waals surface area contributed by atoms with Gasteiger partial charge in [-0.1, -0.05) is 60.7 Å². The molecule has 0 radical (unpaired) electrons. The van der Waals surface area contributed by atoms with Crippen LogP contribution < -0.4 is 27.0 Å². The predicted octanol–water partition coefficient (Wildman–Crippen LogP) is 3.42. The number of carbonyl (C=O) groups is 5. The summed E-state index contributed by atoms with van der Waals surface area (Å²) in [5.74, 6) is -2.25. The van der Waals surface area contributed by atoms with E-state index < -0.39 is 43.3 Å². The molecule has 3 aromatic rings. The number of rotatable bonds is 12. The van der Waals surface area contributed by atoms with Crippen LogP contribution in [0.4, 0.5) is 9.93 Å². The Hall–Kier alpha value is -4.17. The van der Waals surface area contributed by atoms with Crippen molar-refractivity contribution in [1.82, 2.24) is 20.9 Å². The first-order valence-corrected chi connectivity index (χ1v) is 17.5. The van der Waals surface area contributed by atoms with Crippen LogP contribution in [0.25, 0.3) is 10.2 Å². The van der Waals surface area contributed by atoms with Gasteiger partial charge in [0.15, 0.2) is 18.3 Å². The Kier molecular flexibility index (Phi) is 17.4. The maximum Gasteiger partial charge on any atom is 0.325 e. The first kappa shape index (κ1) is 39.9. The molecule has 1 heterocycles. The second kappa shape index (κ2) is 20.1. The number of ketones is 1. The van der Waals surface area contributed by atoms with E-state index in [0.717, 1.165) is 22.2 Å². The van der Waals surface area contributed by atoms with E-state index in [1.807, 2.05) is 61.5 Å². The predicted molar refractivity (Wildman–Crippen MR) is 179 cm³/mol. The molecule has 0 saturated carbocycles. The number of benzene rings is 2. The van der Waals surface area contributed by atoms with Crippen molar-refractivity contribution in [3.05, 3.63) is 60.2 Å². The number of amides is 4. The number of carboxylic acids is 1. The SMILES string of the molecule is CCCC(=O)c1ccccc1.CNC(=O)Nc1nc2ccccc2s1.C[C@H](NC(=O)[C@H](C)NC(=O)[C@@H](N)CCP(C)(=O)O)C(=O)O. The van der Waals surface area contributed by atoms with Crippen molar-refractivity contribution in [1.29, 1.82) is 0 Å². The summed E-state index contributed by atoms with van der Waals surface area (Å²) in [4.78, 5) is 69.5. The lowest BCUT2D eigenvalue weighted by atomic mass is 10.1. The molecule has 0 bridgehead atoms. The number of aliphatic carboxylic acids is 1. The highest BCUT2D eigenvalue weighted by atomic mass is 32.1. The fourth-order valence-corrected chi connectivity index (χ4v) is 4.99. The Bertz CT molecular complexity index is 1460. The molecule has 1 unspecified atom stereocenters. The minimum atomic E-state index is -3.25. The number of carboxylic acid groups (broad SMARTS) is 1.